The van der Waals surface area contributed by atoms with Crippen molar-refractivity contribution in [3.63, 3.8) is 0 Å². The third-order valence-corrected chi connectivity index (χ3v) is 3.35. The van der Waals surface area contributed by atoms with Crippen LogP contribution in [-0.2, 0) is 6.54 Å². The Morgan fingerprint density at radius 2 is 1.80 bits per heavy atom. The van der Waals surface area contributed by atoms with Gasteiger partial charge in [0.05, 0.1) is 6.04 Å². The molecular weight excluding hydrogens is 255 g/mol. The quantitative estimate of drug-likeness (QED) is 0.785. The monoisotopic (exact) mass is 272 g/mol. The maximum Gasteiger partial charge on any atom is 0.179 e. The molecule has 0 aliphatic rings. The van der Waals surface area contributed by atoms with Gasteiger partial charge in [-0.15, -0.1) is 0 Å². The lowest BCUT2D eigenvalue weighted by Crippen LogP contribution is -2.35. The molecule has 20 heavy (non-hydrogen) atoms. The fourth-order valence-corrected chi connectivity index (χ4v) is 1.97. The van der Waals surface area contributed by atoms with Crippen molar-refractivity contribution in [2.75, 3.05) is 7.05 Å². The van der Waals surface area contributed by atoms with Crippen LogP contribution in [0.4, 0.5) is 4.39 Å². The third kappa shape index (κ3) is 3.48. The molecule has 2 rings (SSSR count). The first-order valence-electron chi connectivity index (χ1n) is 6.47. The second-order valence-electron chi connectivity index (χ2n) is 4.82. The van der Waals surface area contributed by atoms with Crippen molar-refractivity contribution < 1.29 is 9.18 Å². The van der Waals surface area contributed by atoms with Crippen LogP contribution in [0.5, 0.6) is 0 Å². The Hall–Kier alpha value is -2.07. The number of likely N-dealkylation sites (N-methyl/N-ethyl adjacent to an activating group) is 1. The van der Waals surface area contributed by atoms with Gasteiger partial charge in [-0.25, -0.2) is 4.39 Å². The van der Waals surface area contributed by atoms with Gasteiger partial charge in [-0.05, 0) is 55.9 Å². The van der Waals surface area contributed by atoms with E-state index in [2.05, 4.69) is 4.98 Å². The predicted molar refractivity (Wildman–Crippen MR) is 75.9 cm³/mol. The molecule has 1 aromatic heterocycles. The van der Waals surface area contributed by atoms with Crippen LogP contribution in [0.3, 0.4) is 0 Å². The summed E-state index contributed by atoms with van der Waals surface area (Å²) < 4.78 is 12.9. The van der Waals surface area contributed by atoms with E-state index in [9.17, 15) is 9.18 Å². The summed E-state index contributed by atoms with van der Waals surface area (Å²) >= 11 is 0. The van der Waals surface area contributed by atoms with Gasteiger partial charge in [-0.2, -0.15) is 0 Å². The van der Waals surface area contributed by atoms with Gasteiger partial charge in [0.25, 0.3) is 0 Å². The number of nitrogens with zero attached hydrogens (tertiary/aromatic N) is 2. The van der Waals surface area contributed by atoms with E-state index in [4.69, 9.17) is 0 Å². The zero-order valence-corrected chi connectivity index (χ0v) is 11.6. The van der Waals surface area contributed by atoms with Gasteiger partial charge in [0.15, 0.2) is 5.78 Å². The molecule has 1 unspecified atom stereocenters. The van der Waals surface area contributed by atoms with Gasteiger partial charge in [-0.1, -0.05) is 0 Å². The second-order valence-corrected chi connectivity index (χ2v) is 4.82. The number of pyridine rings is 1. The lowest BCUT2D eigenvalue weighted by atomic mass is 10.0. The largest absolute Gasteiger partial charge is 0.292 e. The number of benzene rings is 1. The molecule has 0 bridgehead atoms. The van der Waals surface area contributed by atoms with Crippen LogP contribution >= 0.6 is 0 Å². The number of halogens is 1. The van der Waals surface area contributed by atoms with E-state index in [1.807, 2.05) is 31.0 Å². The van der Waals surface area contributed by atoms with Crippen molar-refractivity contribution in [1.29, 1.82) is 0 Å². The summed E-state index contributed by atoms with van der Waals surface area (Å²) in [5.41, 5.74) is 1.63. The molecule has 1 aromatic carbocycles. The number of hydrogen-bond acceptors (Lipinski definition) is 3. The number of Topliss-reactive ketones (excluding diaryl/α,β-unsaturated/α-hetero) is 1. The Morgan fingerprint density at radius 1 is 1.20 bits per heavy atom. The minimum atomic E-state index is -0.334. The Balaban J connectivity index is 2.04. The topological polar surface area (TPSA) is 33.2 Å². The summed E-state index contributed by atoms with van der Waals surface area (Å²) in [6.07, 6.45) is 3.46. The molecule has 0 saturated carbocycles. The zero-order chi connectivity index (χ0) is 14.5. The molecule has 0 aliphatic heterocycles. The molecule has 1 heterocycles. The van der Waals surface area contributed by atoms with Crippen molar-refractivity contribution in [1.82, 2.24) is 9.88 Å². The van der Waals surface area contributed by atoms with Gasteiger partial charge >= 0.3 is 0 Å². The molecule has 2 aromatic rings. The number of aromatic nitrogens is 1. The van der Waals surface area contributed by atoms with Crippen LogP contribution in [0.25, 0.3) is 0 Å². The fourth-order valence-electron chi connectivity index (χ4n) is 1.97. The van der Waals surface area contributed by atoms with Crippen LogP contribution in [0, 0.1) is 5.82 Å². The molecule has 0 fully saturated rings. The van der Waals surface area contributed by atoms with Crippen LogP contribution in [0.15, 0.2) is 48.8 Å². The lowest BCUT2D eigenvalue weighted by Gasteiger charge is -2.23. The predicted octanol–water partition coefficient (Wildman–Crippen LogP) is 2.92. The number of carbonyl (C=O) groups is 1. The van der Waals surface area contributed by atoms with E-state index in [1.54, 1.807) is 12.4 Å². The molecule has 104 valence electrons. The summed E-state index contributed by atoms with van der Waals surface area (Å²) in [6, 6.07) is 9.24. The van der Waals surface area contributed by atoms with Crippen molar-refractivity contribution in [3.8, 4) is 0 Å². The number of rotatable bonds is 5. The summed E-state index contributed by atoms with van der Waals surface area (Å²) in [5, 5.41) is 0. The summed E-state index contributed by atoms with van der Waals surface area (Å²) in [6.45, 7) is 2.52. The van der Waals surface area contributed by atoms with Crippen molar-refractivity contribution in [3.05, 3.63) is 65.7 Å². The summed E-state index contributed by atoms with van der Waals surface area (Å²) in [4.78, 5) is 18.2. The molecule has 3 nitrogen and oxygen atoms in total. The van der Waals surface area contributed by atoms with Gasteiger partial charge < -0.3 is 0 Å². The molecule has 0 N–H and O–H groups in total. The van der Waals surface area contributed by atoms with E-state index in [-0.39, 0.29) is 17.6 Å². The van der Waals surface area contributed by atoms with E-state index in [0.717, 1.165) is 5.56 Å². The fraction of sp³-hybridized carbons (Fsp3) is 0.250. The number of ketones is 1. The van der Waals surface area contributed by atoms with Crippen LogP contribution in [0.2, 0.25) is 0 Å². The van der Waals surface area contributed by atoms with Crippen molar-refractivity contribution >= 4 is 5.78 Å². The Morgan fingerprint density at radius 3 is 2.40 bits per heavy atom. The highest BCUT2D eigenvalue weighted by Gasteiger charge is 2.19. The van der Waals surface area contributed by atoms with Gasteiger partial charge in [-0.3, -0.25) is 14.7 Å². The molecule has 0 spiro atoms. The van der Waals surface area contributed by atoms with Crippen LogP contribution in [-0.4, -0.2) is 28.8 Å². The van der Waals surface area contributed by atoms with E-state index >= 15 is 0 Å². The first-order chi connectivity index (χ1) is 9.58. The molecule has 0 amide bonds. The normalized spacial score (nSPS) is 12.4. The Kier molecular flexibility index (Phi) is 4.58. The third-order valence-electron chi connectivity index (χ3n) is 3.35. The highest BCUT2D eigenvalue weighted by atomic mass is 19.1. The number of hydrogen-bond donors (Lipinski definition) is 0. The van der Waals surface area contributed by atoms with E-state index in [0.29, 0.717) is 12.1 Å². The van der Waals surface area contributed by atoms with E-state index in [1.165, 1.54) is 24.3 Å². The summed E-state index contributed by atoms with van der Waals surface area (Å²) in [7, 11) is 1.90. The minimum Gasteiger partial charge on any atom is -0.292 e. The van der Waals surface area contributed by atoms with Crippen LogP contribution in [0.1, 0.15) is 22.8 Å². The first kappa shape index (κ1) is 14.3. The number of carbonyl (C=O) groups excluding carboxylic acids is 1. The molecular formula is C16H17FN2O. The highest BCUT2D eigenvalue weighted by Crippen LogP contribution is 2.11. The first-order valence-corrected chi connectivity index (χ1v) is 6.47. The Labute approximate surface area is 118 Å². The molecule has 0 saturated heterocycles. The second kappa shape index (κ2) is 6.39. The van der Waals surface area contributed by atoms with Gasteiger partial charge in [0.1, 0.15) is 5.82 Å². The maximum atomic E-state index is 12.9. The van der Waals surface area contributed by atoms with Crippen LogP contribution < -0.4 is 0 Å². The molecule has 4 heteroatoms. The average molecular weight is 272 g/mol. The lowest BCUT2D eigenvalue weighted by molar-refractivity contribution is 0.0862. The smallest absolute Gasteiger partial charge is 0.179 e. The SMILES string of the molecule is CC(C(=O)c1ccc(F)cc1)N(C)Cc1ccncc1. The standard InChI is InChI=1S/C16H17FN2O/c1-12(16(20)14-3-5-15(17)6-4-14)19(2)11-13-7-9-18-10-8-13/h3-10,12H,11H2,1-2H3. The molecule has 1 atom stereocenters. The zero-order valence-electron chi connectivity index (χ0n) is 11.6. The van der Waals surface area contributed by atoms with E-state index < -0.39 is 0 Å². The maximum absolute atomic E-state index is 12.9. The molecule has 0 radical (unpaired) electrons. The molecule has 0 aliphatic carbocycles. The van der Waals surface area contributed by atoms with Gasteiger partial charge in [0, 0.05) is 24.5 Å². The Bertz CT molecular complexity index is 569. The van der Waals surface area contributed by atoms with Crippen molar-refractivity contribution in [2.45, 2.75) is 19.5 Å². The van der Waals surface area contributed by atoms with Gasteiger partial charge in [0.2, 0.25) is 0 Å². The average Bonchev–Trinajstić information content (AvgIpc) is 2.47. The minimum absolute atomic E-state index is 0.0124. The highest BCUT2D eigenvalue weighted by molar-refractivity contribution is 5.99. The summed E-state index contributed by atoms with van der Waals surface area (Å²) in [5.74, 6) is -0.346. The van der Waals surface area contributed by atoms with Crippen molar-refractivity contribution in [2.24, 2.45) is 0 Å².